The Morgan fingerprint density at radius 2 is 1.89 bits per heavy atom. The number of rotatable bonds is 5. The maximum Gasteiger partial charge on any atom is 0.149 e. The second-order valence-electron chi connectivity index (χ2n) is 4.14. The molecule has 19 heavy (non-hydrogen) atoms. The highest BCUT2D eigenvalue weighted by Crippen LogP contribution is 2.31. The summed E-state index contributed by atoms with van der Waals surface area (Å²) in [6.07, 6.45) is 4.46. The quantitative estimate of drug-likeness (QED) is 0.910. The van der Waals surface area contributed by atoms with E-state index >= 15 is 0 Å². The molecule has 0 fully saturated rings. The summed E-state index contributed by atoms with van der Waals surface area (Å²) in [6.45, 7) is 2.96. The minimum Gasteiger partial charge on any atom is -0.304 e. The standard InChI is InChI=1S/C14H15Cl2N3/c1-2-7-17-13(14-18-8-4-9-19-14)10-5-3-6-11(15)12(10)16/h3-6,8-9,13,17H,2,7H2,1H3. The molecular weight excluding hydrogens is 281 g/mol. The minimum absolute atomic E-state index is 0.146. The fourth-order valence-electron chi connectivity index (χ4n) is 1.83. The molecule has 2 aromatic rings. The first-order valence-corrected chi connectivity index (χ1v) is 6.93. The van der Waals surface area contributed by atoms with Crippen LogP contribution < -0.4 is 5.32 Å². The summed E-state index contributed by atoms with van der Waals surface area (Å²) in [7, 11) is 0. The van der Waals surface area contributed by atoms with Gasteiger partial charge in [-0.05, 0) is 30.7 Å². The van der Waals surface area contributed by atoms with Gasteiger partial charge in [0.15, 0.2) is 0 Å². The highest BCUT2D eigenvalue weighted by atomic mass is 35.5. The van der Waals surface area contributed by atoms with Gasteiger partial charge in [-0.1, -0.05) is 42.3 Å². The van der Waals surface area contributed by atoms with Crippen molar-refractivity contribution in [1.29, 1.82) is 0 Å². The third-order valence-electron chi connectivity index (χ3n) is 2.73. The first-order chi connectivity index (χ1) is 9.24. The average Bonchev–Trinajstić information content (AvgIpc) is 2.45. The Kier molecular flexibility index (Phi) is 5.14. The second kappa shape index (κ2) is 6.85. The van der Waals surface area contributed by atoms with E-state index in [1.165, 1.54) is 0 Å². The number of aromatic nitrogens is 2. The summed E-state index contributed by atoms with van der Waals surface area (Å²) in [5, 5.41) is 4.49. The molecule has 0 aliphatic rings. The van der Waals surface area contributed by atoms with Crippen LogP contribution in [-0.4, -0.2) is 16.5 Å². The van der Waals surface area contributed by atoms with Crippen LogP contribution in [0.15, 0.2) is 36.7 Å². The first kappa shape index (κ1) is 14.3. The zero-order valence-corrected chi connectivity index (χ0v) is 12.1. The average molecular weight is 296 g/mol. The molecule has 1 unspecified atom stereocenters. The van der Waals surface area contributed by atoms with Gasteiger partial charge in [0.1, 0.15) is 5.82 Å². The van der Waals surface area contributed by atoms with Crippen molar-refractivity contribution in [2.75, 3.05) is 6.54 Å². The Morgan fingerprint density at radius 3 is 2.58 bits per heavy atom. The number of nitrogens with zero attached hydrogens (tertiary/aromatic N) is 2. The maximum atomic E-state index is 6.29. The molecular formula is C14H15Cl2N3. The van der Waals surface area contributed by atoms with Gasteiger partial charge >= 0.3 is 0 Å². The van der Waals surface area contributed by atoms with Crippen molar-refractivity contribution in [3.05, 3.63) is 58.1 Å². The lowest BCUT2D eigenvalue weighted by Crippen LogP contribution is -2.25. The van der Waals surface area contributed by atoms with Crippen LogP contribution in [0.5, 0.6) is 0 Å². The Morgan fingerprint density at radius 1 is 1.16 bits per heavy atom. The topological polar surface area (TPSA) is 37.8 Å². The van der Waals surface area contributed by atoms with Crippen LogP contribution in [0.25, 0.3) is 0 Å². The molecule has 0 amide bonds. The van der Waals surface area contributed by atoms with Gasteiger partial charge in [-0.15, -0.1) is 0 Å². The van der Waals surface area contributed by atoms with Gasteiger partial charge in [-0.2, -0.15) is 0 Å². The van der Waals surface area contributed by atoms with Crippen molar-refractivity contribution in [3.8, 4) is 0 Å². The van der Waals surface area contributed by atoms with Crippen molar-refractivity contribution < 1.29 is 0 Å². The van der Waals surface area contributed by atoms with Gasteiger partial charge < -0.3 is 5.32 Å². The lowest BCUT2D eigenvalue weighted by Gasteiger charge is -2.19. The van der Waals surface area contributed by atoms with Crippen molar-refractivity contribution >= 4 is 23.2 Å². The number of hydrogen-bond acceptors (Lipinski definition) is 3. The van der Waals surface area contributed by atoms with Crippen LogP contribution in [0.1, 0.15) is 30.8 Å². The van der Waals surface area contributed by atoms with Crippen molar-refractivity contribution in [1.82, 2.24) is 15.3 Å². The molecule has 3 nitrogen and oxygen atoms in total. The van der Waals surface area contributed by atoms with E-state index in [9.17, 15) is 0 Å². The zero-order valence-electron chi connectivity index (χ0n) is 10.6. The summed E-state index contributed by atoms with van der Waals surface area (Å²) in [5.41, 5.74) is 0.897. The van der Waals surface area contributed by atoms with Gasteiger partial charge in [-0.3, -0.25) is 0 Å². The van der Waals surface area contributed by atoms with E-state index in [4.69, 9.17) is 23.2 Å². The molecule has 100 valence electrons. The predicted octanol–water partition coefficient (Wildman–Crippen LogP) is 3.87. The highest BCUT2D eigenvalue weighted by molar-refractivity contribution is 6.42. The molecule has 0 saturated heterocycles. The first-order valence-electron chi connectivity index (χ1n) is 6.18. The van der Waals surface area contributed by atoms with E-state index in [-0.39, 0.29) is 6.04 Å². The minimum atomic E-state index is -0.146. The van der Waals surface area contributed by atoms with Crippen LogP contribution in [0.2, 0.25) is 10.0 Å². The zero-order chi connectivity index (χ0) is 13.7. The molecule has 0 aliphatic heterocycles. The van der Waals surface area contributed by atoms with Crippen LogP contribution >= 0.6 is 23.2 Å². The van der Waals surface area contributed by atoms with E-state index in [2.05, 4.69) is 22.2 Å². The van der Waals surface area contributed by atoms with Crippen molar-refractivity contribution in [3.63, 3.8) is 0 Å². The molecule has 1 aromatic carbocycles. The molecule has 1 aromatic heterocycles. The smallest absolute Gasteiger partial charge is 0.149 e. The molecule has 0 bridgehead atoms. The normalized spacial score (nSPS) is 12.4. The van der Waals surface area contributed by atoms with Gasteiger partial charge in [-0.25, -0.2) is 9.97 Å². The van der Waals surface area contributed by atoms with E-state index in [0.717, 1.165) is 18.5 Å². The molecule has 2 rings (SSSR count). The van der Waals surface area contributed by atoms with Gasteiger partial charge in [0.25, 0.3) is 0 Å². The van der Waals surface area contributed by atoms with Crippen LogP contribution in [0.4, 0.5) is 0 Å². The number of halogens is 2. The predicted molar refractivity (Wildman–Crippen MR) is 78.6 cm³/mol. The van der Waals surface area contributed by atoms with E-state index in [1.807, 2.05) is 12.1 Å². The molecule has 0 radical (unpaired) electrons. The Labute approximate surface area is 123 Å². The molecule has 0 saturated carbocycles. The fraction of sp³-hybridized carbons (Fsp3) is 0.286. The summed E-state index contributed by atoms with van der Waals surface area (Å²) < 4.78 is 0. The monoisotopic (exact) mass is 295 g/mol. The summed E-state index contributed by atoms with van der Waals surface area (Å²) in [5.74, 6) is 0.695. The van der Waals surface area contributed by atoms with Crippen LogP contribution in [-0.2, 0) is 0 Å². The molecule has 0 aliphatic carbocycles. The van der Waals surface area contributed by atoms with E-state index < -0.39 is 0 Å². The van der Waals surface area contributed by atoms with Gasteiger partial charge in [0.2, 0.25) is 0 Å². The van der Waals surface area contributed by atoms with Gasteiger partial charge in [0.05, 0.1) is 16.1 Å². The largest absolute Gasteiger partial charge is 0.304 e. The lowest BCUT2D eigenvalue weighted by molar-refractivity contribution is 0.572. The molecule has 0 spiro atoms. The maximum absolute atomic E-state index is 6.29. The third kappa shape index (κ3) is 3.44. The highest BCUT2D eigenvalue weighted by Gasteiger charge is 2.19. The molecule has 1 heterocycles. The van der Waals surface area contributed by atoms with Crippen LogP contribution in [0, 0.1) is 0 Å². The summed E-state index contributed by atoms with van der Waals surface area (Å²) in [4.78, 5) is 8.61. The number of hydrogen-bond donors (Lipinski definition) is 1. The van der Waals surface area contributed by atoms with E-state index in [1.54, 1.807) is 24.5 Å². The number of nitrogens with one attached hydrogen (secondary N) is 1. The Hall–Kier alpha value is -1.16. The third-order valence-corrected chi connectivity index (χ3v) is 3.57. The van der Waals surface area contributed by atoms with Gasteiger partial charge in [0, 0.05) is 12.4 Å². The van der Waals surface area contributed by atoms with Crippen LogP contribution in [0.3, 0.4) is 0 Å². The Bertz CT molecular complexity index is 531. The Balaban J connectivity index is 2.40. The van der Waals surface area contributed by atoms with E-state index in [0.29, 0.717) is 15.9 Å². The molecule has 1 atom stereocenters. The molecule has 1 N–H and O–H groups in total. The summed E-state index contributed by atoms with van der Waals surface area (Å²) in [6, 6.07) is 7.24. The fourth-order valence-corrected chi connectivity index (χ4v) is 2.25. The van der Waals surface area contributed by atoms with Crippen molar-refractivity contribution in [2.45, 2.75) is 19.4 Å². The number of benzene rings is 1. The molecule has 5 heteroatoms. The summed E-state index contributed by atoms with van der Waals surface area (Å²) >= 11 is 12.4. The SMILES string of the molecule is CCCNC(c1ncccn1)c1cccc(Cl)c1Cl. The van der Waals surface area contributed by atoms with Crippen molar-refractivity contribution in [2.24, 2.45) is 0 Å². The second-order valence-corrected chi connectivity index (χ2v) is 4.92. The lowest BCUT2D eigenvalue weighted by atomic mass is 10.1.